The van der Waals surface area contributed by atoms with Crippen LogP contribution in [-0.2, 0) is 23.8 Å². The molecule has 2 fully saturated rings. The summed E-state index contributed by atoms with van der Waals surface area (Å²) in [7, 11) is 1.61. The second-order valence-electron chi connectivity index (χ2n) is 7.26. The van der Waals surface area contributed by atoms with Crippen molar-refractivity contribution in [3.8, 4) is 0 Å². The molecule has 0 aromatic rings. The fraction of sp³-hybridized carbons (Fsp3) is 0.895. The highest BCUT2D eigenvalue weighted by Gasteiger charge is 2.44. The molecule has 2 heterocycles. The van der Waals surface area contributed by atoms with Crippen LogP contribution in [-0.4, -0.2) is 62.9 Å². The number of likely N-dealkylation sites (tertiary alicyclic amines) is 1. The highest BCUT2D eigenvalue weighted by molar-refractivity contribution is 5.81. The summed E-state index contributed by atoms with van der Waals surface area (Å²) < 4.78 is 16.3. The molecule has 0 aliphatic carbocycles. The maximum absolute atomic E-state index is 12.9. The minimum atomic E-state index is -0.609. The minimum Gasteiger partial charge on any atom is -0.465 e. The zero-order chi connectivity index (χ0) is 18.3. The average molecular weight is 355 g/mol. The van der Waals surface area contributed by atoms with Gasteiger partial charge in [0.05, 0.1) is 24.7 Å². The number of carbonyl (C=O) groups is 2. The van der Waals surface area contributed by atoms with E-state index in [1.165, 1.54) is 0 Å². The lowest BCUT2D eigenvalue weighted by atomic mass is 9.78. The molecule has 0 radical (unpaired) electrons. The second-order valence-corrected chi connectivity index (χ2v) is 7.26. The first-order valence-electron chi connectivity index (χ1n) is 9.62. The number of piperidine rings is 1. The molecule has 25 heavy (non-hydrogen) atoms. The summed E-state index contributed by atoms with van der Waals surface area (Å²) in [5.41, 5.74) is -0.609. The Balaban J connectivity index is 1.93. The van der Waals surface area contributed by atoms with E-state index in [1.807, 2.05) is 11.8 Å². The van der Waals surface area contributed by atoms with Crippen LogP contribution in [0.15, 0.2) is 0 Å². The molecular formula is C19H33NO5. The van der Waals surface area contributed by atoms with Crippen molar-refractivity contribution in [2.75, 3.05) is 40.0 Å². The van der Waals surface area contributed by atoms with Crippen molar-refractivity contribution in [3.63, 3.8) is 0 Å². The van der Waals surface area contributed by atoms with Gasteiger partial charge in [0, 0.05) is 32.7 Å². The van der Waals surface area contributed by atoms with Crippen LogP contribution in [0.3, 0.4) is 0 Å². The van der Waals surface area contributed by atoms with Gasteiger partial charge in [0.25, 0.3) is 0 Å². The van der Waals surface area contributed by atoms with E-state index in [0.717, 1.165) is 25.7 Å². The molecule has 6 nitrogen and oxygen atoms in total. The van der Waals surface area contributed by atoms with Crippen LogP contribution in [0.4, 0.5) is 0 Å². The number of carbonyl (C=O) groups excluding carboxylic acids is 2. The van der Waals surface area contributed by atoms with E-state index in [1.54, 1.807) is 7.11 Å². The Morgan fingerprint density at radius 3 is 2.56 bits per heavy atom. The third-order valence-electron chi connectivity index (χ3n) is 5.49. The Labute approximate surface area is 151 Å². The molecule has 0 spiro atoms. The summed E-state index contributed by atoms with van der Waals surface area (Å²) in [5, 5.41) is 0. The lowest BCUT2D eigenvalue weighted by Crippen LogP contribution is -2.51. The number of hydrogen-bond donors (Lipinski definition) is 0. The van der Waals surface area contributed by atoms with Gasteiger partial charge in [0.2, 0.25) is 5.91 Å². The number of nitrogens with zero attached hydrogens (tertiary/aromatic N) is 1. The standard InChI is InChI=1S/C19H33NO5/c1-4-6-16-13-15(7-12-25-16)17(21)20-10-8-19(9-11-20,14-23-3)18(22)24-5-2/h15-16H,4-14H2,1-3H3. The van der Waals surface area contributed by atoms with Gasteiger partial charge in [-0.25, -0.2) is 0 Å². The van der Waals surface area contributed by atoms with Crippen LogP contribution in [0.5, 0.6) is 0 Å². The quantitative estimate of drug-likeness (QED) is 0.656. The van der Waals surface area contributed by atoms with Gasteiger partial charge in [-0.15, -0.1) is 0 Å². The van der Waals surface area contributed by atoms with E-state index >= 15 is 0 Å². The Kier molecular flexibility index (Phi) is 7.69. The number of ether oxygens (including phenoxy) is 3. The van der Waals surface area contributed by atoms with Gasteiger partial charge < -0.3 is 19.1 Å². The summed E-state index contributed by atoms with van der Waals surface area (Å²) in [4.78, 5) is 27.2. The van der Waals surface area contributed by atoms with Gasteiger partial charge in [-0.05, 0) is 39.0 Å². The van der Waals surface area contributed by atoms with Crippen LogP contribution in [0, 0.1) is 11.3 Å². The van der Waals surface area contributed by atoms with Crippen LogP contribution >= 0.6 is 0 Å². The summed E-state index contributed by atoms with van der Waals surface area (Å²) in [6.07, 6.45) is 5.14. The fourth-order valence-electron chi connectivity index (χ4n) is 4.01. The van der Waals surface area contributed by atoms with E-state index in [-0.39, 0.29) is 23.9 Å². The molecule has 2 aliphatic rings. The Hall–Kier alpha value is -1.14. The molecular weight excluding hydrogens is 322 g/mol. The van der Waals surface area contributed by atoms with Gasteiger partial charge in [-0.1, -0.05) is 13.3 Å². The van der Waals surface area contributed by atoms with Gasteiger partial charge in [-0.3, -0.25) is 9.59 Å². The summed E-state index contributed by atoms with van der Waals surface area (Å²) in [6, 6.07) is 0. The second kappa shape index (κ2) is 9.53. The van der Waals surface area contributed by atoms with Crippen molar-refractivity contribution in [3.05, 3.63) is 0 Å². The first-order chi connectivity index (χ1) is 12.1. The highest BCUT2D eigenvalue weighted by atomic mass is 16.5. The molecule has 6 heteroatoms. The van der Waals surface area contributed by atoms with Crippen molar-refractivity contribution in [2.45, 2.75) is 58.5 Å². The minimum absolute atomic E-state index is 0.0582. The molecule has 0 bridgehead atoms. The molecule has 2 saturated heterocycles. The lowest BCUT2D eigenvalue weighted by Gasteiger charge is -2.41. The van der Waals surface area contributed by atoms with E-state index in [4.69, 9.17) is 14.2 Å². The Morgan fingerprint density at radius 1 is 1.24 bits per heavy atom. The maximum Gasteiger partial charge on any atom is 0.314 e. The number of rotatable bonds is 7. The third-order valence-corrected chi connectivity index (χ3v) is 5.49. The topological polar surface area (TPSA) is 65.1 Å². The van der Waals surface area contributed by atoms with Crippen molar-refractivity contribution in [2.24, 2.45) is 11.3 Å². The number of esters is 1. The van der Waals surface area contributed by atoms with Crippen LogP contribution in [0.25, 0.3) is 0 Å². The predicted octanol–water partition coefficient (Wildman–Crippen LogP) is 2.40. The zero-order valence-corrected chi connectivity index (χ0v) is 15.9. The van der Waals surface area contributed by atoms with E-state index in [0.29, 0.717) is 45.8 Å². The molecule has 2 atom stereocenters. The summed E-state index contributed by atoms with van der Waals surface area (Å²) in [6.45, 7) is 6.54. The molecule has 0 aromatic carbocycles. The SMILES string of the molecule is CCCC1CC(C(=O)N2CCC(COC)(C(=O)OCC)CC2)CCO1. The number of amides is 1. The monoisotopic (exact) mass is 355 g/mol. The van der Waals surface area contributed by atoms with Crippen LogP contribution < -0.4 is 0 Å². The third kappa shape index (κ3) is 4.94. The zero-order valence-electron chi connectivity index (χ0n) is 15.9. The number of methoxy groups -OCH3 is 1. The molecule has 0 N–H and O–H groups in total. The largest absolute Gasteiger partial charge is 0.465 e. The molecule has 0 saturated carbocycles. The molecule has 2 unspecified atom stereocenters. The Morgan fingerprint density at radius 2 is 1.96 bits per heavy atom. The van der Waals surface area contributed by atoms with E-state index in [9.17, 15) is 9.59 Å². The van der Waals surface area contributed by atoms with E-state index < -0.39 is 5.41 Å². The first kappa shape index (κ1) is 20.2. The molecule has 2 aliphatic heterocycles. The number of hydrogen-bond acceptors (Lipinski definition) is 5. The molecule has 2 rings (SSSR count). The van der Waals surface area contributed by atoms with Crippen molar-refractivity contribution in [1.82, 2.24) is 4.90 Å². The average Bonchev–Trinajstić information content (AvgIpc) is 2.63. The van der Waals surface area contributed by atoms with Crippen LogP contribution in [0.1, 0.15) is 52.4 Å². The van der Waals surface area contributed by atoms with Gasteiger partial charge in [-0.2, -0.15) is 0 Å². The smallest absolute Gasteiger partial charge is 0.314 e. The lowest BCUT2D eigenvalue weighted by molar-refractivity contribution is -0.165. The first-order valence-corrected chi connectivity index (χ1v) is 9.62. The van der Waals surface area contributed by atoms with Crippen molar-refractivity contribution in [1.29, 1.82) is 0 Å². The molecule has 144 valence electrons. The van der Waals surface area contributed by atoms with Crippen LogP contribution in [0.2, 0.25) is 0 Å². The van der Waals surface area contributed by atoms with E-state index in [2.05, 4.69) is 6.92 Å². The van der Waals surface area contributed by atoms with Crippen molar-refractivity contribution < 1.29 is 23.8 Å². The Bertz CT molecular complexity index is 443. The maximum atomic E-state index is 12.9. The highest BCUT2D eigenvalue weighted by Crippen LogP contribution is 2.35. The molecule has 0 aromatic heterocycles. The fourth-order valence-corrected chi connectivity index (χ4v) is 4.01. The summed E-state index contributed by atoms with van der Waals surface area (Å²) >= 11 is 0. The normalized spacial score (nSPS) is 26.3. The predicted molar refractivity (Wildman–Crippen MR) is 94.1 cm³/mol. The van der Waals surface area contributed by atoms with Gasteiger partial charge in [0.15, 0.2) is 0 Å². The summed E-state index contributed by atoms with van der Waals surface area (Å²) in [5.74, 6) is 0.0834. The van der Waals surface area contributed by atoms with Gasteiger partial charge in [0.1, 0.15) is 0 Å². The van der Waals surface area contributed by atoms with Crippen molar-refractivity contribution >= 4 is 11.9 Å². The van der Waals surface area contributed by atoms with Gasteiger partial charge >= 0.3 is 5.97 Å². The molecule has 1 amide bonds.